The molecule has 1 fully saturated rings. The SMILES string of the molecule is O=C(COC(=O)c1cccc(CN2CCCC2=O)c1)Nc1c(Cl)cc(Cl)cc1Cl. The van der Waals surface area contributed by atoms with Gasteiger partial charge < -0.3 is 15.0 Å². The van der Waals surface area contributed by atoms with E-state index in [9.17, 15) is 14.4 Å². The van der Waals surface area contributed by atoms with Gasteiger partial charge in [0.25, 0.3) is 5.91 Å². The van der Waals surface area contributed by atoms with E-state index in [-0.39, 0.29) is 21.6 Å². The molecule has 0 bridgehead atoms. The lowest BCUT2D eigenvalue weighted by Crippen LogP contribution is -2.24. The normalized spacial score (nSPS) is 13.5. The van der Waals surface area contributed by atoms with E-state index in [4.69, 9.17) is 39.5 Å². The van der Waals surface area contributed by atoms with Crippen molar-refractivity contribution in [2.45, 2.75) is 19.4 Å². The van der Waals surface area contributed by atoms with Crippen LogP contribution in [0, 0.1) is 0 Å². The molecule has 2 aromatic rings. The molecular weight excluding hydrogens is 439 g/mol. The Morgan fingerprint density at radius 2 is 1.83 bits per heavy atom. The van der Waals surface area contributed by atoms with Gasteiger partial charge in [-0.05, 0) is 36.2 Å². The second-order valence-electron chi connectivity index (χ2n) is 6.49. The first-order valence-corrected chi connectivity index (χ1v) is 9.95. The van der Waals surface area contributed by atoms with E-state index >= 15 is 0 Å². The summed E-state index contributed by atoms with van der Waals surface area (Å²) in [6.45, 7) is 0.639. The number of ether oxygens (including phenoxy) is 1. The van der Waals surface area contributed by atoms with E-state index in [1.54, 1.807) is 23.1 Å². The summed E-state index contributed by atoms with van der Waals surface area (Å²) in [6, 6.07) is 9.65. The van der Waals surface area contributed by atoms with Crippen LogP contribution in [0.1, 0.15) is 28.8 Å². The standard InChI is InChI=1S/C20H17Cl3N2O4/c21-14-8-15(22)19(16(23)9-14)24-17(26)11-29-20(28)13-4-1-3-12(7-13)10-25-6-2-5-18(25)27/h1,3-4,7-9H,2,5-6,10-11H2,(H,24,26). The molecule has 29 heavy (non-hydrogen) atoms. The molecule has 9 heteroatoms. The number of nitrogens with zero attached hydrogens (tertiary/aromatic N) is 1. The van der Waals surface area contributed by atoms with Crippen molar-refractivity contribution in [2.24, 2.45) is 0 Å². The molecule has 1 aliphatic heterocycles. The van der Waals surface area contributed by atoms with Crippen molar-refractivity contribution in [2.75, 3.05) is 18.5 Å². The van der Waals surface area contributed by atoms with Crippen molar-refractivity contribution in [3.8, 4) is 0 Å². The fraction of sp³-hybridized carbons (Fsp3) is 0.250. The minimum absolute atomic E-state index is 0.106. The predicted molar refractivity (Wildman–Crippen MR) is 111 cm³/mol. The molecule has 0 atom stereocenters. The second kappa shape index (κ2) is 9.48. The van der Waals surface area contributed by atoms with Gasteiger partial charge in [-0.25, -0.2) is 4.79 Å². The van der Waals surface area contributed by atoms with Gasteiger partial charge in [0.2, 0.25) is 5.91 Å². The first kappa shape index (κ1) is 21.4. The van der Waals surface area contributed by atoms with Crippen molar-refractivity contribution >= 4 is 58.3 Å². The summed E-state index contributed by atoms with van der Waals surface area (Å²) in [7, 11) is 0. The lowest BCUT2D eigenvalue weighted by Gasteiger charge is -2.16. The van der Waals surface area contributed by atoms with E-state index in [0.717, 1.165) is 12.0 Å². The van der Waals surface area contributed by atoms with Gasteiger partial charge in [-0.3, -0.25) is 9.59 Å². The van der Waals surface area contributed by atoms with E-state index in [1.807, 2.05) is 6.07 Å². The Kier molecular flexibility index (Phi) is 7.00. The number of amides is 2. The third-order valence-corrected chi connectivity index (χ3v) is 5.13. The van der Waals surface area contributed by atoms with Gasteiger partial charge in [0.1, 0.15) is 0 Å². The molecule has 0 aromatic heterocycles. The number of hydrogen-bond acceptors (Lipinski definition) is 4. The molecule has 1 aliphatic rings. The number of hydrogen-bond donors (Lipinski definition) is 1. The van der Waals surface area contributed by atoms with Crippen molar-refractivity contribution < 1.29 is 19.1 Å². The number of rotatable bonds is 6. The molecule has 152 valence electrons. The molecule has 0 saturated carbocycles. The van der Waals surface area contributed by atoms with Gasteiger partial charge >= 0.3 is 5.97 Å². The van der Waals surface area contributed by atoms with Crippen LogP contribution in [-0.2, 0) is 20.9 Å². The maximum atomic E-state index is 12.3. The zero-order valence-electron chi connectivity index (χ0n) is 15.2. The Hall–Kier alpha value is -2.28. The summed E-state index contributed by atoms with van der Waals surface area (Å²) in [6.07, 6.45) is 1.40. The number of likely N-dealkylation sites (tertiary alicyclic amines) is 1. The zero-order valence-corrected chi connectivity index (χ0v) is 17.5. The highest BCUT2D eigenvalue weighted by Crippen LogP contribution is 2.33. The third-order valence-electron chi connectivity index (χ3n) is 4.31. The van der Waals surface area contributed by atoms with E-state index < -0.39 is 18.5 Å². The average molecular weight is 456 g/mol. The van der Waals surface area contributed by atoms with E-state index in [1.165, 1.54) is 12.1 Å². The first-order chi connectivity index (χ1) is 13.8. The number of halogens is 3. The maximum absolute atomic E-state index is 12.3. The van der Waals surface area contributed by atoms with Gasteiger partial charge in [0.15, 0.2) is 6.61 Å². The van der Waals surface area contributed by atoms with Gasteiger partial charge in [-0.2, -0.15) is 0 Å². The quantitative estimate of drug-likeness (QED) is 0.648. The topological polar surface area (TPSA) is 75.7 Å². The molecule has 1 N–H and O–H groups in total. The summed E-state index contributed by atoms with van der Waals surface area (Å²) >= 11 is 17.9. The van der Waals surface area contributed by atoms with Crippen LogP contribution >= 0.6 is 34.8 Å². The summed E-state index contributed by atoms with van der Waals surface area (Å²) in [5, 5.41) is 3.17. The van der Waals surface area contributed by atoms with Gasteiger partial charge in [-0.15, -0.1) is 0 Å². The number of anilines is 1. The maximum Gasteiger partial charge on any atom is 0.338 e. The molecule has 2 amide bonds. The molecule has 0 aliphatic carbocycles. The van der Waals surface area contributed by atoms with E-state index in [2.05, 4.69) is 5.32 Å². The van der Waals surface area contributed by atoms with E-state index in [0.29, 0.717) is 30.1 Å². The molecule has 1 heterocycles. The molecular formula is C20H17Cl3N2O4. The van der Waals surface area contributed by atoms with Crippen LogP contribution in [0.3, 0.4) is 0 Å². The molecule has 2 aromatic carbocycles. The van der Waals surface area contributed by atoms with Crippen LogP contribution in [0.15, 0.2) is 36.4 Å². The summed E-state index contributed by atoms with van der Waals surface area (Å²) in [5.41, 5.74) is 1.31. The number of esters is 1. The first-order valence-electron chi connectivity index (χ1n) is 8.81. The largest absolute Gasteiger partial charge is 0.452 e. The van der Waals surface area contributed by atoms with Gasteiger partial charge in [0.05, 0.1) is 21.3 Å². The highest BCUT2D eigenvalue weighted by Gasteiger charge is 2.20. The molecule has 3 rings (SSSR count). The van der Waals surface area contributed by atoms with Crippen molar-refractivity contribution in [3.05, 3.63) is 62.6 Å². The highest BCUT2D eigenvalue weighted by molar-refractivity contribution is 6.42. The van der Waals surface area contributed by atoms with Crippen LogP contribution < -0.4 is 5.32 Å². The number of benzene rings is 2. The van der Waals surface area contributed by atoms with Crippen LogP contribution in [-0.4, -0.2) is 35.8 Å². The van der Waals surface area contributed by atoms with Crippen molar-refractivity contribution in [3.63, 3.8) is 0 Å². The fourth-order valence-corrected chi connectivity index (χ4v) is 3.85. The molecule has 0 radical (unpaired) electrons. The number of carbonyl (C=O) groups is 3. The highest BCUT2D eigenvalue weighted by atomic mass is 35.5. The van der Waals surface area contributed by atoms with Crippen LogP contribution in [0.5, 0.6) is 0 Å². The molecule has 1 saturated heterocycles. The second-order valence-corrected chi connectivity index (χ2v) is 7.74. The Bertz CT molecular complexity index is 941. The minimum atomic E-state index is -0.650. The summed E-state index contributed by atoms with van der Waals surface area (Å²) in [4.78, 5) is 37.9. The Labute approximate surface area is 182 Å². The Balaban J connectivity index is 1.57. The Morgan fingerprint density at radius 1 is 1.10 bits per heavy atom. The third kappa shape index (κ3) is 5.63. The van der Waals surface area contributed by atoms with Crippen LogP contribution in [0.4, 0.5) is 5.69 Å². The monoisotopic (exact) mass is 454 g/mol. The lowest BCUT2D eigenvalue weighted by molar-refractivity contribution is -0.128. The molecule has 0 unspecified atom stereocenters. The van der Waals surface area contributed by atoms with Crippen LogP contribution in [0.2, 0.25) is 15.1 Å². The van der Waals surface area contributed by atoms with Crippen molar-refractivity contribution in [1.82, 2.24) is 4.90 Å². The zero-order chi connectivity index (χ0) is 21.0. The van der Waals surface area contributed by atoms with Crippen molar-refractivity contribution in [1.29, 1.82) is 0 Å². The lowest BCUT2D eigenvalue weighted by atomic mass is 10.1. The summed E-state index contributed by atoms with van der Waals surface area (Å²) in [5.74, 6) is -1.14. The summed E-state index contributed by atoms with van der Waals surface area (Å²) < 4.78 is 5.07. The Morgan fingerprint density at radius 3 is 2.48 bits per heavy atom. The number of nitrogens with one attached hydrogen (secondary N) is 1. The molecule has 0 spiro atoms. The van der Waals surface area contributed by atoms with Crippen LogP contribution in [0.25, 0.3) is 0 Å². The van der Waals surface area contributed by atoms with Gasteiger partial charge in [0, 0.05) is 24.5 Å². The van der Waals surface area contributed by atoms with Gasteiger partial charge in [-0.1, -0.05) is 46.9 Å². The fourth-order valence-electron chi connectivity index (χ4n) is 2.94. The predicted octanol–water partition coefficient (Wildman–Crippen LogP) is 4.56. The number of carbonyl (C=O) groups excluding carboxylic acids is 3. The average Bonchev–Trinajstić information content (AvgIpc) is 3.07. The molecule has 6 nitrogen and oxygen atoms in total. The smallest absolute Gasteiger partial charge is 0.338 e. The minimum Gasteiger partial charge on any atom is -0.452 e.